The van der Waals surface area contributed by atoms with Gasteiger partial charge in [0.25, 0.3) is 0 Å². The fraction of sp³-hybridized carbons (Fsp3) is 0.385. The molecule has 1 radical (unpaired) electrons. The molecule has 0 aromatic carbocycles. The van der Waals surface area contributed by atoms with Gasteiger partial charge in [0.05, 0.1) is 11.9 Å². The quantitative estimate of drug-likeness (QED) is 0.825. The van der Waals surface area contributed by atoms with Crippen LogP contribution in [0.2, 0.25) is 0 Å². The number of pyridine rings is 1. The molecule has 0 unspecified atom stereocenters. The van der Waals surface area contributed by atoms with Crippen molar-refractivity contribution in [2.75, 3.05) is 13.1 Å². The maximum absolute atomic E-state index is 11.5. The minimum Gasteiger partial charge on any atom is -0.307 e. The van der Waals surface area contributed by atoms with Crippen LogP contribution in [0.25, 0.3) is 0 Å². The van der Waals surface area contributed by atoms with E-state index in [2.05, 4.69) is 15.6 Å². The number of carbonyl (C=O) groups is 1. The predicted molar refractivity (Wildman–Crippen MR) is 68.6 cm³/mol. The minimum absolute atomic E-state index is 0.155. The van der Waals surface area contributed by atoms with Gasteiger partial charge < -0.3 is 5.32 Å². The van der Waals surface area contributed by atoms with E-state index in [-0.39, 0.29) is 6.03 Å². The molecule has 1 aromatic rings. The summed E-state index contributed by atoms with van der Waals surface area (Å²) in [5.74, 6) is 0. The summed E-state index contributed by atoms with van der Waals surface area (Å²) in [5.41, 5.74) is 2.12. The lowest BCUT2D eigenvalue weighted by molar-refractivity contribution is 0.219. The van der Waals surface area contributed by atoms with Crippen molar-refractivity contribution in [3.63, 3.8) is 0 Å². The Bertz CT molecular complexity index is 430. The summed E-state index contributed by atoms with van der Waals surface area (Å²) in [6, 6.07) is 3.78. The summed E-state index contributed by atoms with van der Waals surface area (Å²) in [5, 5.41) is 7.12. The monoisotopic (exact) mass is 245 g/mol. The zero-order valence-corrected chi connectivity index (χ0v) is 10.5. The lowest BCUT2D eigenvalue weighted by Gasteiger charge is -2.18. The van der Waals surface area contributed by atoms with Gasteiger partial charge in [0.2, 0.25) is 0 Å². The predicted octanol–water partition coefficient (Wildman–Crippen LogP) is 1.46. The second-order valence-corrected chi connectivity index (χ2v) is 4.14. The molecule has 1 aliphatic rings. The molecular formula is C13H17N4O. The lowest BCUT2D eigenvalue weighted by atomic mass is 10.2. The van der Waals surface area contributed by atoms with Crippen LogP contribution < -0.4 is 10.6 Å². The van der Waals surface area contributed by atoms with Crippen LogP contribution in [0.15, 0.2) is 36.4 Å². The van der Waals surface area contributed by atoms with E-state index in [1.54, 1.807) is 23.5 Å². The van der Waals surface area contributed by atoms with E-state index in [4.69, 9.17) is 0 Å². The van der Waals surface area contributed by atoms with Crippen molar-refractivity contribution in [3.05, 3.63) is 42.0 Å². The summed E-state index contributed by atoms with van der Waals surface area (Å²) in [7, 11) is 0. The third kappa shape index (κ3) is 3.07. The van der Waals surface area contributed by atoms with Gasteiger partial charge in [-0.15, -0.1) is 0 Å². The zero-order valence-electron chi connectivity index (χ0n) is 10.5. The van der Waals surface area contributed by atoms with Crippen molar-refractivity contribution >= 4 is 6.03 Å². The molecule has 2 heterocycles. The lowest BCUT2D eigenvalue weighted by Crippen LogP contribution is -2.32. The SMILES string of the molecule is CCCN1C(=O)[N]C=C1CNCc1ccncc1. The van der Waals surface area contributed by atoms with E-state index in [0.717, 1.165) is 25.2 Å². The smallest absolute Gasteiger partial charge is 0.307 e. The number of nitrogens with one attached hydrogen (secondary N) is 1. The normalized spacial score (nSPS) is 14.6. The summed E-state index contributed by atoms with van der Waals surface area (Å²) >= 11 is 0. The number of hydrogen-bond acceptors (Lipinski definition) is 3. The molecule has 5 heteroatoms. The van der Waals surface area contributed by atoms with Crippen LogP contribution in [-0.2, 0) is 6.54 Å². The molecule has 0 spiro atoms. The van der Waals surface area contributed by atoms with E-state index >= 15 is 0 Å². The molecule has 1 aliphatic heterocycles. The molecule has 0 bridgehead atoms. The molecule has 0 saturated heterocycles. The maximum Gasteiger partial charge on any atom is 0.347 e. The number of amides is 2. The Hall–Kier alpha value is -1.88. The average Bonchev–Trinajstić information content (AvgIpc) is 2.73. The van der Waals surface area contributed by atoms with Crippen LogP contribution in [0.5, 0.6) is 0 Å². The van der Waals surface area contributed by atoms with Gasteiger partial charge in [-0.3, -0.25) is 9.88 Å². The minimum atomic E-state index is -0.155. The first-order valence-corrected chi connectivity index (χ1v) is 6.12. The van der Waals surface area contributed by atoms with Crippen molar-refractivity contribution in [3.8, 4) is 0 Å². The van der Waals surface area contributed by atoms with E-state index in [1.807, 2.05) is 19.1 Å². The average molecular weight is 245 g/mol. The first-order valence-electron chi connectivity index (χ1n) is 6.12. The molecule has 2 amide bonds. The highest BCUT2D eigenvalue weighted by molar-refractivity contribution is 5.79. The Morgan fingerprint density at radius 1 is 1.28 bits per heavy atom. The molecular weight excluding hydrogens is 228 g/mol. The highest BCUT2D eigenvalue weighted by Gasteiger charge is 2.23. The fourth-order valence-corrected chi connectivity index (χ4v) is 1.83. The van der Waals surface area contributed by atoms with Gasteiger partial charge in [0, 0.05) is 32.0 Å². The second-order valence-electron chi connectivity index (χ2n) is 4.14. The van der Waals surface area contributed by atoms with Crippen LogP contribution in [-0.4, -0.2) is 29.0 Å². The van der Waals surface area contributed by atoms with Gasteiger partial charge >= 0.3 is 6.03 Å². The number of rotatable bonds is 6. The Morgan fingerprint density at radius 2 is 2.06 bits per heavy atom. The topological polar surface area (TPSA) is 59.3 Å². The van der Waals surface area contributed by atoms with Crippen molar-refractivity contribution in [2.24, 2.45) is 0 Å². The van der Waals surface area contributed by atoms with Gasteiger partial charge in [-0.05, 0) is 24.1 Å². The van der Waals surface area contributed by atoms with Crippen molar-refractivity contribution in [2.45, 2.75) is 19.9 Å². The summed E-state index contributed by atoms with van der Waals surface area (Å²) in [6.07, 6.45) is 6.13. The molecule has 1 aromatic heterocycles. The molecule has 0 fully saturated rings. The zero-order chi connectivity index (χ0) is 12.8. The summed E-state index contributed by atoms with van der Waals surface area (Å²) in [4.78, 5) is 17.2. The number of aromatic nitrogens is 1. The first kappa shape index (κ1) is 12.6. The van der Waals surface area contributed by atoms with Gasteiger partial charge in [0.15, 0.2) is 0 Å². The van der Waals surface area contributed by atoms with E-state index in [9.17, 15) is 4.79 Å². The maximum atomic E-state index is 11.5. The first-order chi connectivity index (χ1) is 8.81. The molecule has 18 heavy (non-hydrogen) atoms. The van der Waals surface area contributed by atoms with Crippen LogP contribution in [0, 0.1) is 0 Å². The van der Waals surface area contributed by atoms with Crippen LogP contribution in [0.4, 0.5) is 4.79 Å². The highest BCUT2D eigenvalue weighted by atomic mass is 16.2. The van der Waals surface area contributed by atoms with Crippen molar-refractivity contribution in [1.29, 1.82) is 0 Å². The van der Waals surface area contributed by atoms with Crippen molar-refractivity contribution in [1.82, 2.24) is 20.5 Å². The highest BCUT2D eigenvalue weighted by Crippen LogP contribution is 2.11. The van der Waals surface area contributed by atoms with Gasteiger partial charge in [-0.1, -0.05) is 6.92 Å². The Kier molecular flexibility index (Phi) is 4.30. The standard InChI is InChI=1S/C13H17N4O/c1-2-7-17-12(10-16-13(17)18)9-15-8-11-3-5-14-6-4-11/h3-6,10,15H,2,7-9H2,1H3. The van der Waals surface area contributed by atoms with Gasteiger partial charge in [-0.2, -0.15) is 5.32 Å². The van der Waals surface area contributed by atoms with E-state index < -0.39 is 0 Å². The third-order valence-corrected chi connectivity index (χ3v) is 2.73. The summed E-state index contributed by atoms with van der Waals surface area (Å²) < 4.78 is 0. The van der Waals surface area contributed by atoms with E-state index in [0.29, 0.717) is 6.54 Å². The largest absolute Gasteiger partial charge is 0.347 e. The second kappa shape index (κ2) is 6.16. The molecule has 0 aliphatic carbocycles. The van der Waals surface area contributed by atoms with E-state index in [1.165, 1.54) is 5.56 Å². The van der Waals surface area contributed by atoms with Crippen LogP contribution >= 0.6 is 0 Å². The number of nitrogens with zero attached hydrogens (tertiary/aromatic N) is 3. The molecule has 2 rings (SSSR count). The molecule has 0 atom stereocenters. The van der Waals surface area contributed by atoms with Gasteiger partial charge in [0.1, 0.15) is 0 Å². The number of urea groups is 1. The van der Waals surface area contributed by atoms with Crippen LogP contribution in [0.1, 0.15) is 18.9 Å². The Balaban J connectivity index is 1.81. The van der Waals surface area contributed by atoms with Crippen molar-refractivity contribution < 1.29 is 4.79 Å². The molecule has 1 N–H and O–H groups in total. The van der Waals surface area contributed by atoms with Crippen LogP contribution in [0.3, 0.4) is 0 Å². The number of carbonyl (C=O) groups excluding carboxylic acids is 1. The molecule has 5 nitrogen and oxygen atoms in total. The fourth-order valence-electron chi connectivity index (χ4n) is 1.83. The Labute approximate surface area is 107 Å². The third-order valence-electron chi connectivity index (χ3n) is 2.73. The molecule has 95 valence electrons. The van der Waals surface area contributed by atoms with Gasteiger partial charge in [-0.25, -0.2) is 4.79 Å². The summed E-state index contributed by atoms with van der Waals surface area (Å²) in [6.45, 7) is 4.18. The number of hydrogen-bond donors (Lipinski definition) is 1. The molecule has 0 saturated carbocycles. The Morgan fingerprint density at radius 3 is 2.78 bits per heavy atom.